The first-order chi connectivity index (χ1) is 11.1. The van der Waals surface area contributed by atoms with Crippen LogP contribution in [0.2, 0.25) is 0 Å². The van der Waals surface area contributed by atoms with Crippen molar-refractivity contribution in [2.75, 3.05) is 20.1 Å². The van der Waals surface area contributed by atoms with Crippen LogP contribution < -0.4 is 5.32 Å². The van der Waals surface area contributed by atoms with Gasteiger partial charge in [0.1, 0.15) is 5.82 Å². The van der Waals surface area contributed by atoms with Crippen LogP contribution in [0, 0.1) is 5.82 Å². The molecule has 2 heterocycles. The quantitative estimate of drug-likeness (QED) is 0.935. The Morgan fingerprint density at radius 2 is 2.13 bits per heavy atom. The number of halogens is 1. The summed E-state index contributed by atoms with van der Waals surface area (Å²) in [7, 11) is 2.07. The number of carbonyl (C=O) groups excluding carboxylic acids is 1. The van der Waals surface area contributed by atoms with Gasteiger partial charge >= 0.3 is 0 Å². The first kappa shape index (κ1) is 15.7. The minimum absolute atomic E-state index is 0.00495. The first-order valence-corrected chi connectivity index (χ1v) is 7.88. The van der Waals surface area contributed by atoms with Gasteiger partial charge in [0.05, 0.1) is 17.8 Å². The Balaban J connectivity index is 1.58. The molecule has 5 nitrogen and oxygen atoms in total. The van der Waals surface area contributed by atoms with E-state index in [1.165, 1.54) is 12.1 Å². The van der Waals surface area contributed by atoms with Crippen LogP contribution >= 0.6 is 0 Å². The maximum Gasteiger partial charge on any atom is 0.226 e. The molecule has 1 fully saturated rings. The Labute approximate surface area is 135 Å². The molecule has 2 aromatic rings. The third-order valence-electron chi connectivity index (χ3n) is 4.07. The van der Waals surface area contributed by atoms with Gasteiger partial charge in [0.25, 0.3) is 0 Å². The van der Waals surface area contributed by atoms with Crippen LogP contribution in [-0.2, 0) is 11.2 Å². The molecule has 6 heteroatoms. The molecular weight excluding hydrogens is 295 g/mol. The van der Waals surface area contributed by atoms with Gasteiger partial charge in [0.2, 0.25) is 5.91 Å². The number of benzene rings is 1. The molecule has 1 unspecified atom stereocenters. The SMILES string of the molecule is CN1CCCC(NC(=O)Cc2ccn(-c3ccc(F)cc3)n2)C1. The molecule has 1 aliphatic rings. The van der Waals surface area contributed by atoms with E-state index in [1.807, 2.05) is 6.07 Å². The summed E-state index contributed by atoms with van der Waals surface area (Å²) in [5.74, 6) is -0.285. The molecule has 3 rings (SSSR count). The van der Waals surface area contributed by atoms with Crippen molar-refractivity contribution in [3.8, 4) is 5.69 Å². The highest BCUT2D eigenvalue weighted by atomic mass is 19.1. The van der Waals surface area contributed by atoms with E-state index in [-0.39, 0.29) is 24.2 Å². The third kappa shape index (κ3) is 4.16. The molecule has 23 heavy (non-hydrogen) atoms. The minimum Gasteiger partial charge on any atom is -0.352 e. The lowest BCUT2D eigenvalue weighted by Gasteiger charge is -2.30. The summed E-state index contributed by atoms with van der Waals surface area (Å²) < 4.78 is 14.6. The van der Waals surface area contributed by atoms with Crippen LogP contribution in [-0.4, -0.2) is 46.8 Å². The van der Waals surface area contributed by atoms with E-state index >= 15 is 0 Å². The van der Waals surface area contributed by atoms with Crippen molar-refractivity contribution >= 4 is 5.91 Å². The first-order valence-electron chi connectivity index (χ1n) is 7.88. The smallest absolute Gasteiger partial charge is 0.226 e. The standard InChI is InChI=1S/C17H21FN4O/c1-21-9-2-3-15(12-21)19-17(23)11-14-8-10-22(20-14)16-6-4-13(18)5-7-16/h4-8,10,15H,2-3,9,11-12H2,1H3,(H,19,23). The lowest BCUT2D eigenvalue weighted by molar-refractivity contribution is -0.121. The molecule has 0 spiro atoms. The van der Waals surface area contributed by atoms with Crippen molar-refractivity contribution in [2.45, 2.75) is 25.3 Å². The molecular formula is C17H21FN4O. The maximum atomic E-state index is 12.9. The lowest BCUT2D eigenvalue weighted by atomic mass is 10.1. The highest BCUT2D eigenvalue weighted by molar-refractivity contribution is 5.78. The van der Waals surface area contributed by atoms with Crippen LogP contribution in [0.25, 0.3) is 5.69 Å². The lowest BCUT2D eigenvalue weighted by Crippen LogP contribution is -2.46. The Hall–Kier alpha value is -2.21. The highest BCUT2D eigenvalue weighted by Gasteiger charge is 2.19. The molecule has 1 aromatic carbocycles. The van der Waals surface area contributed by atoms with Crippen molar-refractivity contribution in [1.29, 1.82) is 0 Å². The molecule has 1 N–H and O–H groups in total. The van der Waals surface area contributed by atoms with E-state index in [0.29, 0.717) is 5.69 Å². The minimum atomic E-state index is -0.280. The number of hydrogen-bond acceptors (Lipinski definition) is 3. The predicted molar refractivity (Wildman–Crippen MR) is 85.9 cm³/mol. The fourth-order valence-corrected chi connectivity index (χ4v) is 2.92. The van der Waals surface area contributed by atoms with Crippen molar-refractivity contribution in [2.24, 2.45) is 0 Å². The number of nitrogens with zero attached hydrogens (tertiary/aromatic N) is 3. The number of nitrogens with one attached hydrogen (secondary N) is 1. The molecule has 0 radical (unpaired) electrons. The summed E-state index contributed by atoms with van der Waals surface area (Å²) in [5.41, 5.74) is 1.47. The average Bonchev–Trinajstić information content (AvgIpc) is 2.96. The zero-order valence-corrected chi connectivity index (χ0v) is 13.2. The number of aromatic nitrogens is 2. The van der Waals surface area contributed by atoms with E-state index in [2.05, 4.69) is 22.4 Å². The molecule has 122 valence electrons. The normalized spacial score (nSPS) is 18.8. The topological polar surface area (TPSA) is 50.2 Å². The van der Waals surface area contributed by atoms with Gasteiger partial charge in [-0.05, 0) is 56.8 Å². The molecule has 1 aromatic heterocycles. The second-order valence-corrected chi connectivity index (χ2v) is 6.07. The van der Waals surface area contributed by atoms with Crippen molar-refractivity contribution in [1.82, 2.24) is 20.0 Å². The van der Waals surface area contributed by atoms with Crippen LogP contribution in [0.15, 0.2) is 36.5 Å². The van der Waals surface area contributed by atoms with Crippen LogP contribution in [0.1, 0.15) is 18.5 Å². The Morgan fingerprint density at radius 1 is 1.35 bits per heavy atom. The average molecular weight is 316 g/mol. The van der Waals surface area contributed by atoms with E-state index in [1.54, 1.807) is 23.0 Å². The number of likely N-dealkylation sites (tertiary alicyclic amines) is 1. The maximum absolute atomic E-state index is 12.9. The third-order valence-corrected chi connectivity index (χ3v) is 4.07. The number of carbonyl (C=O) groups is 1. The second-order valence-electron chi connectivity index (χ2n) is 6.07. The Bertz CT molecular complexity index is 667. The molecule has 0 aliphatic carbocycles. The van der Waals surface area contributed by atoms with Gasteiger partial charge in [-0.2, -0.15) is 5.10 Å². The number of rotatable bonds is 4. The predicted octanol–water partition coefficient (Wildman–Crippen LogP) is 1.76. The van der Waals surface area contributed by atoms with Crippen LogP contribution in [0.4, 0.5) is 4.39 Å². The van der Waals surface area contributed by atoms with E-state index in [4.69, 9.17) is 0 Å². The molecule has 1 atom stereocenters. The number of hydrogen-bond donors (Lipinski definition) is 1. The molecule has 1 aliphatic heterocycles. The fourth-order valence-electron chi connectivity index (χ4n) is 2.92. The zero-order chi connectivity index (χ0) is 16.2. The largest absolute Gasteiger partial charge is 0.352 e. The van der Waals surface area contributed by atoms with Gasteiger partial charge in [-0.1, -0.05) is 0 Å². The van der Waals surface area contributed by atoms with E-state index < -0.39 is 0 Å². The molecule has 1 amide bonds. The Kier molecular flexibility index (Phi) is 4.71. The van der Waals surface area contributed by atoms with Gasteiger partial charge < -0.3 is 10.2 Å². The molecule has 1 saturated heterocycles. The van der Waals surface area contributed by atoms with Crippen molar-refractivity contribution in [3.05, 3.63) is 48.0 Å². The monoisotopic (exact) mass is 316 g/mol. The summed E-state index contributed by atoms with van der Waals surface area (Å²) in [4.78, 5) is 14.4. The van der Waals surface area contributed by atoms with Crippen LogP contribution in [0.3, 0.4) is 0 Å². The summed E-state index contributed by atoms with van der Waals surface area (Å²) >= 11 is 0. The van der Waals surface area contributed by atoms with E-state index in [0.717, 1.165) is 31.6 Å². The second kappa shape index (κ2) is 6.91. The highest BCUT2D eigenvalue weighted by Crippen LogP contribution is 2.10. The van der Waals surface area contributed by atoms with Gasteiger partial charge in [-0.3, -0.25) is 4.79 Å². The summed E-state index contributed by atoms with van der Waals surface area (Å²) in [6.45, 7) is 1.99. The van der Waals surface area contributed by atoms with Crippen molar-refractivity contribution < 1.29 is 9.18 Å². The summed E-state index contributed by atoms with van der Waals surface area (Å²) in [6.07, 6.45) is 4.18. The van der Waals surface area contributed by atoms with E-state index in [9.17, 15) is 9.18 Å². The summed E-state index contributed by atoms with van der Waals surface area (Å²) in [5, 5.41) is 7.46. The fraction of sp³-hybridized carbons (Fsp3) is 0.412. The van der Waals surface area contributed by atoms with Crippen LogP contribution in [0.5, 0.6) is 0 Å². The van der Waals surface area contributed by atoms with Gasteiger partial charge in [0, 0.05) is 18.8 Å². The van der Waals surface area contributed by atoms with Gasteiger partial charge in [-0.15, -0.1) is 0 Å². The molecule has 0 saturated carbocycles. The Morgan fingerprint density at radius 3 is 2.87 bits per heavy atom. The number of piperidine rings is 1. The molecule has 0 bridgehead atoms. The number of likely N-dealkylation sites (N-methyl/N-ethyl adjacent to an activating group) is 1. The van der Waals surface area contributed by atoms with Gasteiger partial charge in [0.15, 0.2) is 0 Å². The zero-order valence-electron chi connectivity index (χ0n) is 13.2. The number of amides is 1. The summed E-state index contributed by atoms with van der Waals surface area (Å²) in [6, 6.07) is 8.14. The van der Waals surface area contributed by atoms with Crippen molar-refractivity contribution in [3.63, 3.8) is 0 Å². The van der Waals surface area contributed by atoms with Gasteiger partial charge in [-0.25, -0.2) is 9.07 Å².